The Morgan fingerprint density at radius 3 is 2.43 bits per heavy atom. The van der Waals surface area contributed by atoms with E-state index in [1.807, 2.05) is 0 Å². The highest BCUT2D eigenvalue weighted by molar-refractivity contribution is 5.76. The van der Waals surface area contributed by atoms with E-state index in [1.54, 1.807) is 0 Å². The Morgan fingerprint density at radius 2 is 1.86 bits per heavy atom. The molecule has 0 bridgehead atoms. The summed E-state index contributed by atoms with van der Waals surface area (Å²) in [5.74, 6) is -0.902. The molecule has 0 aliphatic heterocycles. The summed E-state index contributed by atoms with van der Waals surface area (Å²) in [5, 5.41) is 0. The van der Waals surface area contributed by atoms with Crippen LogP contribution >= 0.6 is 0 Å². The third-order valence-electron chi connectivity index (χ3n) is 2.78. The molecule has 0 aromatic heterocycles. The lowest BCUT2D eigenvalue weighted by atomic mass is 10.1. The number of ether oxygens (including phenoxy) is 1. The molecule has 0 atom stereocenters. The van der Waals surface area contributed by atoms with Crippen molar-refractivity contribution in [2.45, 2.75) is 26.1 Å². The number of esters is 1. The first kappa shape index (κ1) is 17.0. The number of hydrogen-bond donors (Lipinski definition) is 0. The zero-order valence-electron chi connectivity index (χ0n) is 11.7. The van der Waals surface area contributed by atoms with Crippen LogP contribution in [0.1, 0.15) is 24.5 Å². The average molecular weight is 303 g/mol. The largest absolute Gasteiger partial charge is 0.465 e. The highest BCUT2D eigenvalue weighted by Crippen LogP contribution is 2.32. The van der Waals surface area contributed by atoms with Crippen LogP contribution in [0.2, 0.25) is 0 Å². The van der Waals surface area contributed by atoms with Gasteiger partial charge in [0.05, 0.1) is 12.0 Å². The van der Waals surface area contributed by atoms with E-state index in [1.165, 1.54) is 37.1 Å². The molecular weight excluding hydrogens is 287 g/mol. The maximum Gasteiger partial charge on any atom is 0.416 e. The quantitative estimate of drug-likeness (QED) is 0.786. The maximum atomic E-state index is 12.8. The summed E-state index contributed by atoms with van der Waals surface area (Å²) in [4.78, 5) is 23.5. The molecule has 1 aromatic carbocycles. The number of carbonyl (C=O) groups is 2. The molecule has 1 rings (SSSR count). The second kappa shape index (κ2) is 7.10. The molecule has 116 valence electrons. The molecule has 0 fully saturated rings. The van der Waals surface area contributed by atoms with Crippen molar-refractivity contribution >= 4 is 11.9 Å². The molecule has 0 aliphatic carbocycles. The molecule has 1 amide bonds. The lowest BCUT2D eigenvalue weighted by Crippen LogP contribution is -2.28. The van der Waals surface area contributed by atoms with Crippen molar-refractivity contribution in [1.29, 1.82) is 0 Å². The molecule has 0 unspecified atom stereocenters. The summed E-state index contributed by atoms with van der Waals surface area (Å²) in [6.07, 6.45) is -4.53. The van der Waals surface area contributed by atoms with Gasteiger partial charge in [0.2, 0.25) is 5.91 Å². The lowest BCUT2D eigenvalue weighted by Gasteiger charge is -2.20. The van der Waals surface area contributed by atoms with Gasteiger partial charge in [0.1, 0.15) is 6.61 Å². The van der Waals surface area contributed by atoms with E-state index in [-0.39, 0.29) is 25.1 Å². The molecule has 0 heterocycles. The molecule has 4 nitrogen and oxygen atoms in total. The Labute approximate surface area is 120 Å². The summed E-state index contributed by atoms with van der Waals surface area (Å²) in [6.45, 7) is 0.974. The molecule has 1 aromatic rings. The lowest BCUT2D eigenvalue weighted by molar-refractivity contribution is -0.143. The molecule has 0 saturated carbocycles. The first-order valence-electron chi connectivity index (χ1n) is 6.24. The average Bonchev–Trinajstić information content (AvgIpc) is 2.37. The fraction of sp³-hybridized carbons (Fsp3) is 0.429. The standard InChI is InChI=1S/C14H16F3NO3/c1-10(19)21-8-7-13(20)18(2)9-11-5-3-4-6-12(11)14(15,16)17/h3-6H,7-9H2,1-2H3. The van der Waals surface area contributed by atoms with Gasteiger partial charge in [-0.05, 0) is 11.6 Å². The highest BCUT2D eigenvalue weighted by atomic mass is 19.4. The van der Waals surface area contributed by atoms with Gasteiger partial charge >= 0.3 is 12.1 Å². The highest BCUT2D eigenvalue weighted by Gasteiger charge is 2.33. The number of carbonyl (C=O) groups excluding carboxylic acids is 2. The second-order valence-electron chi connectivity index (χ2n) is 4.49. The molecule has 0 aliphatic rings. The van der Waals surface area contributed by atoms with Crippen LogP contribution < -0.4 is 0 Å². The summed E-state index contributed by atoms with van der Waals surface area (Å²) < 4.78 is 43.1. The van der Waals surface area contributed by atoms with Crippen LogP contribution in [-0.2, 0) is 27.0 Å². The number of benzene rings is 1. The summed E-state index contributed by atoms with van der Waals surface area (Å²) in [7, 11) is 1.41. The van der Waals surface area contributed by atoms with Crippen LogP contribution in [-0.4, -0.2) is 30.4 Å². The minimum Gasteiger partial charge on any atom is -0.465 e. The number of halogens is 3. The van der Waals surface area contributed by atoms with Gasteiger partial charge in [0.15, 0.2) is 0 Å². The summed E-state index contributed by atoms with van der Waals surface area (Å²) in [6, 6.07) is 5.10. The van der Waals surface area contributed by atoms with Gasteiger partial charge in [-0.1, -0.05) is 18.2 Å². The zero-order chi connectivity index (χ0) is 16.0. The van der Waals surface area contributed by atoms with Crippen LogP contribution in [0.15, 0.2) is 24.3 Å². The first-order valence-corrected chi connectivity index (χ1v) is 6.24. The van der Waals surface area contributed by atoms with Crippen molar-refractivity contribution in [3.8, 4) is 0 Å². The van der Waals surface area contributed by atoms with Crippen molar-refractivity contribution in [3.05, 3.63) is 35.4 Å². The Morgan fingerprint density at radius 1 is 1.24 bits per heavy atom. The third kappa shape index (κ3) is 5.45. The number of nitrogens with zero attached hydrogens (tertiary/aromatic N) is 1. The molecule has 0 radical (unpaired) electrons. The first-order chi connectivity index (χ1) is 9.71. The number of alkyl halides is 3. The van der Waals surface area contributed by atoms with E-state index in [0.29, 0.717) is 0 Å². The maximum absolute atomic E-state index is 12.8. The van der Waals surface area contributed by atoms with Crippen LogP contribution in [0.5, 0.6) is 0 Å². The van der Waals surface area contributed by atoms with Gasteiger partial charge in [-0.2, -0.15) is 13.2 Å². The van der Waals surface area contributed by atoms with Gasteiger partial charge in [-0.25, -0.2) is 0 Å². The number of rotatable bonds is 5. The number of hydrogen-bond acceptors (Lipinski definition) is 3. The minimum absolute atomic E-state index is 0.0216. The minimum atomic E-state index is -4.46. The van der Waals surface area contributed by atoms with Gasteiger partial charge in [0, 0.05) is 20.5 Å². The molecule has 0 N–H and O–H groups in total. The molecule has 0 saturated heterocycles. The fourth-order valence-electron chi connectivity index (χ4n) is 1.75. The monoisotopic (exact) mass is 303 g/mol. The van der Waals surface area contributed by atoms with Crippen molar-refractivity contribution in [2.75, 3.05) is 13.7 Å². The topological polar surface area (TPSA) is 46.6 Å². The zero-order valence-corrected chi connectivity index (χ0v) is 11.7. The summed E-state index contributed by atoms with van der Waals surface area (Å²) in [5.41, 5.74) is -0.738. The molecular formula is C14H16F3NO3. The third-order valence-corrected chi connectivity index (χ3v) is 2.78. The van der Waals surface area contributed by atoms with Gasteiger partial charge < -0.3 is 9.64 Å². The Bertz CT molecular complexity index is 514. The predicted molar refractivity (Wildman–Crippen MR) is 69.2 cm³/mol. The van der Waals surface area contributed by atoms with Crippen molar-refractivity contribution in [2.24, 2.45) is 0 Å². The van der Waals surface area contributed by atoms with E-state index in [2.05, 4.69) is 4.74 Å². The van der Waals surface area contributed by atoms with Crippen molar-refractivity contribution < 1.29 is 27.5 Å². The van der Waals surface area contributed by atoms with Crippen molar-refractivity contribution in [3.63, 3.8) is 0 Å². The van der Waals surface area contributed by atoms with Gasteiger partial charge in [-0.15, -0.1) is 0 Å². The summed E-state index contributed by atoms with van der Waals surface area (Å²) >= 11 is 0. The second-order valence-corrected chi connectivity index (χ2v) is 4.49. The van der Waals surface area contributed by atoms with E-state index in [0.717, 1.165) is 6.07 Å². The van der Waals surface area contributed by atoms with Gasteiger partial charge in [-0.3, -0.25) is 9.59 Å². The molecule has 21 heavy (non-hydrogen) atoms. The Balaban J connectivity index is 2.68. The normalized spacial score (nSPS) is 11.1. The van der Waals surface area contributed by atoms with Crippen LogP contribution in [0.25, 0.3) is 0 Å². The molecule has 7 heteroatoms. The van der Waals surface area contributed by atoms with Crippen LogP contribution in [0.3, 0.4) is 0 Å². The van der Waals surface area contributed by atoms with E-state index in [4.69, 9.17) is 0 Å². The predicted octanol–water partition coefficient (Wildman–Crippen LogP) is 2.62. The van der Waals surface area contributed by atoms with Crippen LogP contribution in [0.4, 0.5) is 13.2 Å². The van der Waals surface area contributed by atoms with Crippen LogP contribution in [0, 0.1) is 0 Å². The van der Waals surface area contributed by atoms with Crippen molar-refractivity contribution in [1.82, 2.24) is 4.90 Å². The smallest absolute Gasteiger partial charge is 0.416 e. The Hall–Kier alpha value is -2.05. The number of amides is 1. The Kier molecular flexibility index (Phi) is 5.75. The van der Waals surface area contributed by atoms with E-state index in [9.17, 15) is 22.8 Å². The molecule has 0 spiro atoms. The fourth-order valence-corrected chi connectivity index (χ4v) is 1.75. The SMILES string of the molecule is CC(=O)OCCC(=O)N(C)Cc1ccccc1C(F)(F)F. The van der Waals surface area contributed by atoms with E-state index < -0.39 is 23.6 Å². The van der Waals surface area contributed by atoms with Gasteiger partial charge in [0.25, 0.3) is 0 Å². The van der Waals surface area contributed by atoms with E-state index >= 15 is 0 Å².